The number of halogens is 2. The molecule has 3 aromatic rings. The van der Waals surface area contributed by atoms with E-state index in [0.29, 0.717) is 17.2 Å². The highest BCUT2D eigenvalue weighted by atomic mass is 19.2. The van der Waals surface area contributed by atoms with Crippen molar-refractivity contribution < 1.29 is 19.0 Å². The predicted octanol–water partition coefficient (Wildman–Crippen LogP) is 2.02. The molecule has 1 aliphatic carbocycles. The van der Waals surface area contributed by atoms with Gasteiger partial charge in [0.15, 0.2) is 23.3 Å². The molecule has 2 fully saturated rings. The van der Waals surface area contributed by atoms with E-state index in [0.717, 1.165) is 12.0 Å². The zero-order valence-corrected chi connectivity index (χ0v) is 15.9. The molecule has 2 aliphatic rings. The Balaban J connectivity index is 1.36. The first-order chi connectivity index (χ1) is 14.5. The largest absolute Gasteiger partial charge is 0.389 e. The van der Waals surface area contributed by atoms with Gasteiger partial charge in [-0.15, -0.1) is 0 Å². The van der Waals surface area contributed by atoms with E-state index in [1.165, 1.54) is 11.0 Å². The fraction of sp³-hybridized carbons (Fsp3) is 0.333. The molecule has 4 atom stereocenters. The summed E-state index contributed by atoms with van der Waals surface area (Å²) in [7, 11) is 0. The lowest BCUT2D eigenvalue weighted by atomic mass is 10.0. The summed E-state index contributed by atoms with van der Waals surface area (Å²) in [5, 5.41) is 19.5. The molecular weight excluding hydrogens is 392 g/mol. The smallest absolute Gasteiger partial charge is 0.197 e. The molecule has 0 radical (unpaired) electrons. The minimum Gasteiger partial charge on any atom is -0.389 e. The molecule has 9 heteroatoms. The van der Waals surface area contributed by atoms with Crippen molar-refractivity contribution in [2.45, 2.75) is 30.5 Å². The monoisotopic (exact) mass is 411 g/mol. The fourth-order valence-corrected chi connectivity index (χ4v) is 4.00. The molecule has 30 heavy (non-hydrogen) atoms. The van der Waals surface area contributed by atoms with Crippen molar-refractivity contribution in [2.75, 3.05) is 18.0 Å². The Hall–Kier alpha value is -3.04. The summed E-state index contributed by atoms with van der Waals surface area (Å²) in [4.78, 5) is 18.4. The summed E-state index contributed by atoms with van der Waals surface area (Å²) in [5.74, 6) is -0.888. The van der Waals surface area contributed by atoms with Crippen LogP contribution in [0.5, 0.6) is 0 Å². The summed E-state index contributed by atoms with van der Waals surface area (Å²) in [5.41, 5.74) is 1.66. The number of aliphatic hydroxyl groups is 2. The van der Waals surface area contributed by atoms with Crippen LogP contribution in [0.1, 0.15) is 29.4 Å². The van der Waals surface area contributed by atoms with Crippen LogP contribution in [0.3, 0.4) is 0 Å². The van der Waals surface area contributed by atoms with Gasteiger partial charge in [-0.3, -0.25) is 0 Å². The molecule has 0 spiro atoms. The average molecular weight is 411 g/mol. The number of aliphatic hydroxyl groups excluding tert-OH is 2. The van der Waals surface area contributed by atoms with Gasteiger partial charge in [0.2, 0.25) is 0 Å². The van der Waals surface area contributed by atoms with Crippen molar-refractivity contribution in [1.29, 1.82) is 0 Å². The van der Waals surface area contributed by atoms with Crippen LogP contribution in [-0.2, 0) is 0 Å². The van der Waals surface area contributed by atoms with Gasteiger partial charge < -0.3 is 15.1 Å². The molecule has 0 amide bonds. The second kappa shape index (κ2) is 7.33. The Morgan fingerprint density at radius 2 is 1.43 bits per heavy atom. The molecule has 154 valence electrons. The van der Waals surface area contributed by atoms with Crippen molar-refractivity contribution in [3.63, 3.8) is 0 Å². The highest BCUT2D eigenvalue weighted by Crippen LogP contribution is 2.55. The third-order valence-electron chi connectivity index (χ3n) is 5.72. The SMILES string of the molecule is O[C@@H]1CN(c2cc([C@@H]3C[C@@H]3c3cnc(-c4ncccn4)nc3)cc(F)c2F)C[C@H]1O. The Labute approximate surface area is 171 Å². The Bertz CT molecular complexity index is 1060. The van der Waals surface area contributed by atoms with E-state index in [-0.39, 0.29) is 30.6 Å². The fourth-order valence-electron chi connectivity index (χ4n) is 4.00. The maximum Gasteiger partial charge on any atom is 0.197 e. The molecule has 3 heterocycles. The molecule has 2 aromatic heterocycles. The molecule has 1 aromatic carbocycles. The van der Waals surface area contributed by atoms with E-state index in [1.807, 2.05) is 0 Å². The number of hydrogen-bond donors (Lipinski definition) is 2. The van der Waals surface area contributed by atoms with Crippen LogP contribution < -0.4 is 4.90 Å². The van der Waals surface area contributed by atoms with Gasteiger partial charge in [-0.1, -0.05) is 0 Å². The van der Waals surface area contributed by atoms with Gasteiger partial charge in [0.25, 0.3) is 0 Å². The first-order valence-corrected chi connectivity index (χ1v) is 9.70. The highest BCUT2D eigenvalue weighted by Gasteiger charge is 2.41. The van der Waals surface area contributed by atoms with Gasteiger partial charge in [0.1, 0.15) is 0 Å². The van der Waals surface area contributed by atoms with Crippen molar-refractivity contribution in [1.82, 2.24) is 19.9 Å². The zero-order valence-electron chi connectivity index (χ0n) is 15.9. The topological polar surface area (TPSA) is 95.3 Å². The average Bonchev–Trinajstić information content (AvgIpc) is 3.50. The number of benzene rings is 1. The quantitative estimate of drug-likeness (QED) is 0.678. The van der Waals surface area contributed by atoms with Crippen LogP contribution in [-0.4, -0.2) is 55.4 Å². The number of aromatic nitrogens is 4. The molecular formula is C21H19F2N5O2. The minimum absolute atomic E-state index is 0.0266. The van der Waals surface area contributed by atoms with Crippen molar-refractivity contribution in [3.05, 3.63) is 65.7 Å². The van der Waals surface area contributed by atoms with Gasteiger partial charge in [0.05, 0.1) is 17.9 Å². The Morgan fingerprint density at radius 1 is 0.833 bits per heavy atom. The van der Waals surface area contributed by atoms with E-state index >= 15 is 0 Å². The Morgan fingerprint density at radius 3 is 2.10 bits per heavy atom. The predicted molar refractivity (Wildman–Crippen MR) is 104 cm³/mol. The van der Waals surface area contributed by atoms with E-state index in [2.05, 4.69) is 19.9 Å². The van der Waals surface area contributed by atoms with E-state index in [4.69, 9.17) is 0 Å². The number of rotatable bonds is 4. The maximum atomic E-state index is 14.4. The van der Waals surface area contributed by atoms with Gasteiger partial charge in [-0.2, -0.15) is 0 Å². The number of hydrogen-bond acceptors (Lipinski definition) is 7. The zero-order chi connectivity index (χ0) is 20.8. The van der Waals surface area contributed by atoms with E-state index in [9.17, 15) is 19.0 Å². The lowest BCUT2D eigenvalue weighted by molar-refractivity contribution is 0.0572. The van der Waals surface area contributed by atoms with Crippen LogP contribution >= 0.6 is 0 Å². The molecule has 2 N–H and O–H groups in total. The van der Waals surface area contributed by atoms with Crippen molar-refractivity contribution >= 4 is 5.69 Å². The highest BCUT2D eigenvalue weighted by molar-refractivity contribution is 5.54. The summed E-state index contributed by atoms with van der Waals surface area (Å²) >= 11 is 0. The van der Waals surface area contributed by atoms with Gasteiger partial charge in [-0.05, 0) is 47.6 Å². The van der Waals surface area contributed by atoms with Gasteiger partial charge in [0, 0.05) is 37.9 Å². The summed E-state index contributed by atoms with van der Waals surface area (Å²) in [6, 6.07) is 4.55. The normalized spacial score (nSPS) is 25.5. The molecule has 1 saturated heterocycles. The second-order valence-corrected chi connectivity index (χ2v) is 7.74. The van der Waals surface area contributed by atoms with Crippen LogP contribution in [0.2, 0.25) is 0 Å². The third-order valence-corrected chi connectivity index (χ3v) is 5.72. The Kier molecular flexibility index (Phi) is 4.63. The molecule has 0 unspecified atom stereocenters. The summed E-state index contributed by atoms with van der Waals surface area (Å²) < 4.78 is 28.7. The van der Waals surface area contributed by atoms with E-state index in [1.54, 1.807) is 36.9 Å². The van der Waals surface area contributed by atoms with Crippen LogP contribution in [0.15, 0.2) is 43.0 Å². The van der Waals surface area contributed by atoms with Gasteiger partial charge in [-0.25, -0.2) is 28.7 Å². The molecule has 1 saturated carbocycles. The number of anilines is 1. The molecule has 5 rings (SSSR count). The van der Waals surface area contributed by atoms with Gasteiger partial charge >= 0.3 is 0 Å². The van der Waals surface area contributed by atoms with Crippen molar-refractivity contribution in [3.8, 4) is 11.6 Å². The minimum atomic E-state index is -0.978. The molecule has 1 aliphatic heterocycles. The van der Waals surface area contributed by atoms with Crippen LogP contribution in [0, 0.1) is 11.6 Å². The summed E-state index contributed by atoms with van der Waals surface area (Å²) in [6.07, 6.45) is 5.50. The third kappa shape index (κ3) is 3.40. The van der Waals surface area contributed by atoms with E-state index < -0.39 is 23.8 Å². The lowest BCUT2D eigenvalue weighted by Crippen LogP contribution is -2.22. The van der Waals surface area contributed by atoms with Crippen molar-refractivity contribution in [2.24, 2.45) is 0 Å². The summed E-state index contributed by atoms with van der Waals surface area (Å²) in [6.45, 7) is 0.123. The number of β-amino-alcohol motifs (C(OH)–C–C–N with tert-alkyl or cyclic N) is 2. The second-order valence-electron chi connectivity index (χ2n) is 7.74. The molecule has 0 bridgehead atoms. The first kappa shape index (κ1) is 19.0. The van der Waals surface area contributed by atoms with Crippen LogP contribution in [0.4, 0.5) is 14.5 Å². The molecule has 7 nitrogen and oxygen atoms in total. The van der Waals surface area contributed by atoms with Crippen LogP contribution in [0.25, 0.3) is 11.6 Å². The standard InChI is InChI=1S/C21H19F2N5O2/c22-15-4-11(5-16(19(15)23)28-9-17(29)18(30)10-28)13-6-14(13)12-7-26-21(27-8-12)20-24-2-1-3-25-20/h1-5,7-8,13-14,17-18,29-30H,6,9-10H2/t13-,14+,17+,18+/m0/s1. The maximum absolute atomic E-state index is 14.4. The lowest BCUT2D eigenvalue weighted by Gasteiger charge is -2.20. The first-order valence-electron chi connectivity index (χ1n) is 9.70. The number of nitrogens with zero attached hydrogens (tertiary/aromatic N) is 5.